The van der Waals surface area contributed by atoms with E-state index in [1.807, 2.05) is 27.2 Å². The summed E-state index contributed by atoms with van der Waals surface area (Å²) in [6.07, 6.45) is 5.36. The maximum absolute atomic E-state index is 12.3. The molecule has 1 aliphatic heterocycles. The van der Waals surface area contributed by atoms with Gasteiger partial charge < -0.3 is 10.6 Å². The molecule has 35 heavy (non-hydrogen) atoms. The van der Waals surface area contributed by atoms with Crippen LogP contribution in [0.2, 0.25) is 0 Å². The predicted octanol–water partition coefficient (Wildman–Crippen LogP) is 1.30. The van der Waals surface area contributed by atoms with Crippen LogP contribution >= 0.6 is 11.3 Å². The molecule has 2 fully saturated rings. The minimum atomic E-state index is 0.00767. The zero-order chi connectivity index (χ0) is 24.1. The molecule has 0 radical (unpaired) electrons. The molecule has 4 aromatic rings. The zero-order valence-electron chi connectivity index (χ0n) is 19.9. The lowest BCUT2D eigenvalue weighted by atomic mass is 9.97. The number of rotatable bonds is 4. The number of aryl methyl sites for hydroxylation is 1. The zero-order valence-corrected chi connectivity index (χ0v) is 20.8. The number of fused-ring (bicyclic) bond motifs is 3. The highest BCUT2D eigenvalue weighted by molar-refractivity contribution is 7.09. The molecular formula is C24H27N9OS. The molecule has 0 spiro atoms. The second kappa shape index (κ2) is 7.11. The van der Waals surface area contributed by atoms with E-state index in [0.717, 1.165) is 52.8 Å². The Labute approximate surface area is 205 Å². The molecule has 1 saturated heterocycles. The highest BCUT2D eigenvalue weighted by Crippen LogP contribution is 2.63. The lowest BCUT2D eigenvalue weighted by Crippen LogP contribution is -2.35. The molecule has 3 N–H and O–H groups in total. The average Bonchev–Trinajstić information content (AvgIpc) is 3.42. The highest BCUT2D eigenvalue weighted by Gasteiger charge is 2.69. The van der Waals surface area contributed by atoms with Gasteiger partial charge in [0, 0.05) is 74.4 Å². The number of aromatic amines is 1. The molecule has 0 amide bonds. The molecule has 7 rings (SSSR count). The van der Waals surface area contributed by atoms with Crippen LogP contribution in [0.1, 0.15) is 27.8 Å². The summed E-state index contributed by atoms with van der Waals surface area (Å²) in [6.45, 7) is 4.51. The van der Waals surface area contributed by atoms with Crippen molar-refractivity contribution in [1.29, 1.82) is 0 Å². The van der Waals surface area contributed by atoms with Gasteiger partial charge in [-0.15, -0.1) is 11.3 Å². The van der Waals surface area contributed by atoms with E-state index < -0.39 is 0 Å². The number of aromatic nitrogens is 7. The Bertz CT molecular complexity index is 1580. The van der Waals surface area contributed by atoms with Gasteiger partial charge in [0.2, 0.25) is 0 Å². The van der Waals surface area contributed by atoms with E-state index in [4.69, 9.17) is 20.7 Å². The first kappa shape index (κ1) is 21.0. The first-order valence-corrected chi connectivity index (χ1v) is 12.8. The molecule has 180 valence electrons. The number of hydrogen-bond donors (Lipinski definition) is 2. The average molecular weight is 490 g/mol. The number of piperidine rings is 1. The van der Waals surface area contributed by atoms with Crippen molar-refractivity contribution >= 4 is 33.9 Å². The molecule has 0 unspecified atom stereocenters. The summed E-state index contributed by atoms with van der Waals surface area (Å²) >= 11 is 1.74. The molecule has 3 atom stereocenters. The van der Waals surface area contributed by atoms with E-state index in [9.17, 15) is 4.79 Å². The van der Waals surface area contributed by atoms with E-state index in [1.165, 1.54) is 5.01 Å². The topological polar surface area (TPSA) is 124 Å². The Kier molecular flexibility index (Phi) is 4.27. The van der Waals surface area contributed by atoms with Crippen molar-refractivity contribution in [3.05, 3.63) is 55.9 Å². The van der Waals surface area contributed by atoms with Gasteiger partial charge >= 0.3 is 5.69 Å². The maximum atomic E-state index is 12.3. The summed E-state index contributed by atoms with van der Waals surface area (Å²) in [7, 11) is 3.66. The minimum absolute atomic E-state index is 0.00767. The van der Waals surface area contributed by atoms with Gasteiger partial charge in [-0.25, -0.2) is 19.7 Å². The van der Waals surface area contributed by atoms with Crippen molar-refractivity contribution in [2.45, 2.75) is 25.2 Å². The summed E-state index contributed by atoms with van der Waals surface area (Å²) < 4.78 is 3.46. The van der Waals surface area contributed by atoms with Gasteiger partial charge in [0.15, 0.2) is 5.65 Å². The summed E-state index contributed by atoms with van der Waals surface area (Å²) in [6, 6.07) is 0. The summed E-state index contributed by atoms with van der Waals surface area (Å²) in [5, 5.41) is 11.0. The number of thiazole rings is 1. The third-order valence-electron chi connectivity index (χ3n) is 8.39. The largest absolute Gasteiger partial charge is 0.355 e. The second-order valence-corrected chi connectivity index (χ2v) is 10.9. The number of allylic oxidation sites excluding steroid dienone is 2. The van der Waals surface area contributed by atoms with Gasteiger partial charge in [0.25, 0.3) is 0 Å². The number of nitrogens with one attached hydrogen (secondary N) is 1. The van der Waals surface area contributed by atoms with E-state index in [-0.39, 0.29) is 11.1 Å². The van der Waals surface area contributed by atoms with Crippen molar-refractivity contribution in [3.63, 3.8) is 0 Å². The van der Waals surface area contributed by atoms with E-state index >= 15 is 0 Å². The van der Waals surface area contributed by atoms with Gasteiger partial charge in [-0.1, -0.05) is 6.08 Å². The SMILES string of the molecule is Cc1csc([C@]2(CN)[C@@H]3CN(c4cnc5c(C6=CCc7c(n(C)c(=O)n7C)C6)n[nH]c5n4)C[C@@H]32)n1. The second-order valence-electron chi connectivity index (χ2n) is 10.1. The molecule has 4 aromatic heterocycles. The van der Waals surface area contributed by atoms with Crippen LogP contribution in [0, 0.1) is 18.8 Å². The quantitative estimate of drug-likeness (QED) is 0.443. The lowest BCUT2D eigenvalue weighted by Gasteiger charge is -2.25. The molecule has 0 aromatic carbocycles. The van der Waals surface area contributed by atoms with Crippen LogP contribution in [0.4, 0.5) is 5.82 Å². The number of H-pyrrole nitrogens is 1. The number of anilines is 1. The van der Waals surface area contributed by atoms with Crippen molar-refractivity contribution in [2.75, 3.05) is 24.5 Å². The van der Waals surface area contributed by atoms with Crippen LogP contribution in [0.25, 0.3) is 16.7 Å². The Morgan fingerprint density at radius 2 is 1.97 bits per heavy atom. The monoisotopic (exact) mass is 489 g/mol. The molecular weight excluding hydrogens is 462 g/mol. The van der Waals surface area contributed by atoms with Gasteiger partial charge in [-0.05, 0) is 24.3 Å². The smallest absolute Gasteiger partial charge is 0.328 e. The minimum Gasteiger partial charge on any atom is -0.355 e. The van der Waals surface area contributed by atoms with Crippen LogP contribution in [0.15, 0.2) is 22.4 Å². The van der Waals surface area contributed by atoms with Crippen molar-refractivity contribution in [3.8, 4) is 0 Å². The number of nitrogens with zero attached hydrogens (tertiary/aromatic N) is 7. The van der Waals surface area contributed by atoms with Crippen LogP contribution in [-0.2, 0) is 32.4 Å². The van der Waals surface area contributed by atoms with Crippen molar-refractivity contribution in [2.24, 2.45) is 31.7 Å². The molecule has 1 saturated carbocycles. The summed E-state index contributed by atoms with van der Waals surface area (Å²) in [5.74, 6) is 1.88. The first-order chi connectivity index (χ1) is 16.9. The molecule has 2 aliphatic carbocycles. The Balaban J connectivity index is 1.14. The standard InChI is InChI=1S/C24H27N9OS/c1-12-10-35-22(27-12)24(11-25)14-8-33(9-15(14)24)18-7-26-20-19(29-30-21(20)28-18)13-4-5-16-17(6-13)32(3)23(34)31(16)2/h4,7,10,14-15H,5-6,8-9,11,25H2,1-3H3,(H,28,29,30)/t14-,15+,24-. The predicted molar refractivity (Wildman–Crippen MR) is 134 cm³/mol. The van der Waals surface area contributed by atoms with E-state index in [2.05, 4.69) is 26.6 Å². The fraction of sp³-hybridized carbons (Fsp3) is 0.458. The first-order valence-electron chi connectivity index (χ1n) is 11.9. The highest BCUT2D eigenvalue weighted by atomic mass is 32.1. The van der Waals surface area contributed by atoms with E-state index in [0.29, 0.717) is 36.9 Å². The molecule has 11 heteroatoms. The van der Waals surface area contributed by atoms with E-state index in [1.54, 1.807) is 20.5 Å². The summed E-state index contributed by atoms with van der Waals surface area (Å²) in [4.78, 5) is 29.1. The van der Waals surface area contributed by atoms with Crippen LogP contribution in [-0.4, -0.2) is 53.9 Å². The summed E-state index contributed by atoms with van der Waals surface area (Å²) in [5.41, 5.74) is 12.8. The van der Waals surface area contributed by atoms with Gasteiger partial charge in [-0.2, -0.15) is 5.10 Å². The van der Waals surface area contributed by atoms with Gasteiger partial charge in [-0.3, -0.25) is 14.2 Å². The van der Waals surface area contributed by atoms with Gasteiger partial charge in [0.05, 0.1) is 6.20 Å². The Hall–Kier alpha value is -3.31. The Morgan fingerprint density at radius 3 is 2.69 bits per heavy atom. The lowest BCUT2D eigenvalue weighted by molar-refractivity contribution is 0.549. The van der Waals surface area contributed by atoms with Crippen molar-refractivity contribution < 1.29 is 0 Å². The third-order valence-corrected chi connectivity index (χ3v) is 9.54. The molecule has 5 heterocycles. The van der Waals surface area contributed by atoms with Crippen LogP contribution < -0.4 is 16.3 Å². The number of hydrogen-bond acceptors (Lipinski definition) is 8. The third kappa shape index (κ3) is 2.76. The Morgan fingerprint density at radius 1 is 1.20 bits per heavy atom. The van der Waals surface area contributed by atoms with Gasteiger partial charge in [0.1, 0.15) is 22.0 Å². The number of imidazole rings is 1. The molecule has 10 nitrogen and oxygen atoms in total. The molecule has 3 aliphatic rings. The van der Waals surface area contributed by atoms with Crippen LogP contribution in [0.3, 0.4) is 0 Å². The fourth-order valence-corrected chi connectivity index (χ4v) is 7.47. The number of nitrogens with two attached hydrogens (primary N) is 1. The molecule has 0 bridgehead atoms. The van der Waals surface area contributed by atoms with Crippen molar-refractivity contribution in [1.82, 2.24) is 34.3 Å². The normalized spacial score (nSPS) is 25.1. The maximum Gasteiger partial charge on any atom is 0.328 e. The fourth-order valence-electron chi connectivity index (χ4n) is 6.34. The van der Waals surface area contributed by atoms with Crippen LogP contribution in [0.5, 0.6) is 0 Å².